The molecule has 3 rings (SSSR count). The Morgan fingerprint density at radius 1 is 1.50 bits per heavy atom. The predicted molar refractivity (Wildman–Crippen MR) is 75.0 cm³/mol. The van der Waals surface area contributed by atoms with E-state index in [1.165, 1.54) is 12.8 Å². The standard InChI is InChI=1S/C15H23N3O2/c1-11(20-10-12-5-6-12)15(19)18-7-3-4-14(18)13-8-16-17(2)9-13/h8-9,11-12,14H,3-7,10H2,1-2H3. The van der Waals surface area contributed by atoms with Gasteiger partial charge in [0.2, 0.25) is 0 Å². The van der Waals surface area contributed by atoms with Crippen LogP contribution in [0.15, 0.2) is 12.4 Å². The first kappa shape index (κ1) is 13.6. The highest BCUT2D eigenvalue weighted by Crippen LogP contribution is 2.33. The molecule has 1 amide bonds. The lowest BCUT2D eigenvalue weighted by atomic mass is 10.1. The van der Waals surface area contributed by atoms with Gasteiger partial charge in [-0.15, -0.1) is 0 Å². The van der Waals surface area contributed by atoms with Gasteiger partial charge in [0, 0.05) is 25.4 Å². The van der Waals surface area contributed by atoms with E-state index in [-0.39, 0.29) is 18.1 Å². The molecule has 5 heteroatoms. The van der Waals surface area contributed by atoms with Crippen LogP contribution in [0.1, 0.15) is 44.2 Å². The summed E-state index contributed by atoms with van der Waals surface area (Å²) in [5.74, 6) is 0.815. The number of aryl methyl sites for hydroxylation is 1. The lowest BCUT2D eigenvalue weighted by Gasteiger charge is -2.27. The summed E-state index contributed by atoms with van der Waals surface area (Å²) in [5.41, 5.74) is 1.13. The lowest BCUT2D eigenvalue weighted by molar-refractivity contribution is -0.143. The number of carbonyl (C=O) groups is 1. The molecule has 5 nitrogen and oxygen atoms in total. The second kappa shape index (κ2) is 5.56. The Morgan fingerprint density at radius 2 is 2.30 bits per heavy atom. The molecular formula is C15H23N3O2. The van der Waals surface area contributed by atoms with E-state index in [9.17, 15) is 4.79 Å². The Balaban J connectivity index is 1.63. The van der Waals surface area contributed by atoms with Crippen molar-refractivity contribution in [3.05, 3.63) is 18.0 Å². The molecule has 2 aliphatic rings. The third-order valence-electron chi connectivity index (χ3n) is 4.27. The Bertz CT molecular complexity index is 481. The second-order valence-corrected chi connectivity index (χ2v) is 6.06. The molecule has 0 spiro atoms. The maximum atomic E-state index is 12.5. The molecule has 110 valence electrons. The Morgan fingerprint density at radius 3 is 2.95 bits per heavy atom. The van der Waals surface area contributed by atoms with Gasteiger partial charge < -0.3 is 9.64 Å². The molecule has 1 aromatic rings. The van der Waals surface area contributed by atoms with Crippen LogP contribution in [-0.2, 0) is 16.6 Å². The summed E-state index contributed by atoms with van der Waals surface area (Å²) in [6.45, 7) is 3.44. The molecule has 0 N–H and O–H groups in total. The van der Waals surface area contributed by atoms with Gasteiger partial charge in [-0.1, -0.05) is 0 Å². The van der Waals surface area contributed by atoms with E-state index >= 15 is 0 Å². The van der Waals surface area contributed by atoms with Crippen LogP contribution < -0.4 is 0 Å². The predicted octanol–water partition coefficient (Wildman–Crippen LogP) is 1.90. The molecule has 1 aliphatic carbocycles. The minimum Gasteiger partial charge on any atom is -0.368 e. The van der Waals surface area contributed by atoms with Gasteiger partial charge in [0.05, 0.1) is 18.8 Å². The van der Waals surface area contributed by atoms with Crippen LogP contribution in [0, 0.1) is 5.92 Å². The fourth-order valence-electron chi connectivity index (χ4n) is 2.86. The van der Waals surface area contributed by atoms with Gasteiger partial charge in [0.15, 0.2) is 0 Å². The number of nitrogens with zero attached hydrogens (tertiary/aromatic N) is 3. The molecule has 0 radical (unpaired) electrons. The molecule has 1 saturated carbocycles. The summed E-state index contributed by atoms with van der Waals surface area (Å²) < 4.78 is 7.51. The molecule has 2 unspecified atom stereocenters. The zero-order valence-electron chi connectivity index (χ0n) is 12.3. The number of aromatic nitrogens is 2. The van der Waals surface area contributed by atoms with Crippen molar-refractivity contribution in [1.82, 2.24) is 14.7 Å². The summed E-state index contributed by atoms with van der Waals surface area (Å²) in [7, 11) is 1.91. The molecule has 2 atom stereocenters. The first-order valence-corrected chi connectivity index (χ1v) is 7.56. The molecule has 1 saturated heterocycles. The zero-order chi connectivity index (χ0) is 14.1. The molecule has 0 aromatic carbocycles. The first-order valence-electron chi connectivity index (χ1n) is 7.56. The van der Waals surface area contributed by atoms with Crippen molar-refractivity contribution in [3.8, 4) is 0 Å². The molecule has 2 fully saturated rings. The van der Waals surface area contributed by atoms with E-state index in [0.29, 0.717) is 5.92 Å². The zero-order valence-corrected chi connectivity index (χ0v) is 12.3. The van der Waals surface area contributed by atoms with Crippen LogP contribution in [0.5, 0.6) is 0 Å². The monoisotopic (exact) mass is 277 g/mol. The normalized spacial score (nSPS) is 24.1. The number of hydrogen-bond donors (Lipinski definition) is 0. The lowest BCUT2D eigenvalue weighted by Crippen LogP contribution is -2.38. The number of ether oxygens (including phenoxy) is 1. The van der Waals surface area contributed by atoms with Crippen molar-refractivity contribution < 1.29 is 9.53 Å². The highest BCUT2D eigenvalue weighted by atomic mass is 16.5. The fourth-order valence-corrected chi connectivity index (χ4v) is 2.86. The first-order chi connectivity index (χ1) is 9.65. The summed E-state index contributed by atoms with van der Waals surface area (Å²) in [5, 5.41) is 4.22. The van der Waals surface area contributed by atoms with Crippen LogP contribution in [-0.4, -0.2) is 39.8 Å². The second-order valence-electron chi connectivity index (χ2n) is 6.06. The SMILES string of the molecule is CC(OCC1CC1)C(=O)N1CCCC1c1cnn(C)c1. The number of carbonyl (C=O) groups excluding carboxylic acids is 1. The third-order valence-corrected chi connectivity index (χ3v) is 4.27. The van der Waals surface area contributed by atoms with Crippen molar-refractivity contribution in [2.75, 3.05) is 13.2 Å². The van der Waals surface area contributed by atoms with Crippen LogP contribution in [0.4, 0.5) is 0 Å². The van der Waals surface area contributed by atoms with E-state index in [1.807, 2.05) is 31.3 Å². The van der Waals surface area contributed by atoms with E-state index in [2.05, 4.69) is 5.10 Å². The largest absolute Gasteiger partial charge is 0.368 e. The quantitative estimate of drug-likeness (QED) is 0.826. The van der Waals surface area contributed by atoms with Crippen molar-refractivity contribution >= 4 is 5.91 Å². The van der Waals surface area contributed by atoms with Gasteiger partial charge in [0.1, 0.15) is 6.10 Å². The van der Waals surface area contributed by atoms with Crippen molar-refractivity contribution in [2.24, 2.45) is 13.0 Å². The molecule has 20 heavy (non-hydrogen) atoms. The van der Waals surface area contributed by atoms with Crippen LogP contribution in [0.25, 0.3) is 0 Å². The third kappa shape index (κ3) is 2.87. The summed E-state index contributed by atoms with van der Waals surface area (Å²) in [6.07, 6.45) is 8.13. The molecular weight excluding hydrogens is 254 g/mol. The topological polar surface area (TPSA) is 47.4 Å². The molecule has 2 heterocycles. The number of rotatable bonds is 5. The minimum atomic E-state index is -0.326. The van der Waals surface area contributed by atoms with Crippen LogP contribution >= 0.6 is 0 Å². The Labute approximate surface area is 119 Å². The summed E-state index contributed by atoms with van der Waals surface area (Å²) >= 11 is 0. The van der Waals surface area contributed by atoms with Gasteiger partial charge in [-0.25, -0.2) is 0 Å². The van der Waals surface area contributed by atoms with Crippen molar-refractivity contribution in [2.45, 2.75) is 44.8 Å². The smallest absolute Gasteiger partial charge is 0.251 e. The van der Waals surface area contributed by atoms with Crippen LogP contribution in [0.2, 0.25) is 0 Å². The Kier molecular flexibility index (Phi) is 3.78. The number of amides is 1. The van der Waals surface area contributed by atoms with Gasteiger partial charge in [-0.05, 0) is 38.5 Å². The molecule has 1 aromatic heterocycles. The maximum Gasteiger partial charge on any atom is 0.251 e. The van der Waals surface area contributed by atoms with E-state index in [1.54, 1.807) is 4.68 Å². The summed E-state index contributed by atoms with van der Waals surface area (Å²) in [4.78, 5) is 14.5. The number of hydrogen-bond acceptors (Lipinski definition) is 3. The molecule has 1 aliphatic heterocycles. The molecule has 0 bridgehead atoms. The van der Waals surface area contributed by atoms with Crippen LogP contribution in [0.3, 0.4) is 0 Å². The highest BCUT2D eigenvalue weighted by molar-refractivity contribution is 5.81. The highest BCUT2D eigenvalue weighted by Gasteiger charge is 2.34. The minimum absolute atomic E-state index is 0.122. The van der Waals surface area contributed by atoms with Gasteiger partial charge in [-0.2, -0.15) is 5.10 Å². The van der Waals surface area contributed by atoms with Gasteiger partial charge in [-0.3, -0.25) is 9.48 Å². The summed E-state index contributed by atoms with van der Waals surface area (Å²) in [6, 6.07) is 0.170. The maximum absolute atomic E-state index is 12.5. The van der Waals surface area contributed by atoms with Crippen molar-refractivity contribution in [3.63, 3.8) is 0 Å². The van der Waals surface area contributed by atoms with Gasteiger partial charge >= 0.3 is 0 Å². The Hall–Kier alpha value is -1.36. The van der Waals surface area contributed by atoms with E-state index in [0.717, 1.165) is 31.6 Å². The van der Waals surface area contributed by atoms with Gasteiger partial charge in [0.25, 0.3) is 5.91 Å². The van der Waals surface area contributed by atoms with E-state index in [4.69, 9.17) is 4.74 Å². The average molecular weight is 277 g/mol. The van der Waals surface area contributed by atoms with Crippen molar-refractivity contribution in [1.29, 1.82) is 0 Å². The average Bonchev–Trinajstić information content (AvgIpc) is 2.96. The fraction of sp³-hybridized carbons (Fsp3) is 0.733. The number of likely N-dealkylation sites (tertiary alicyclic amines) is 1. The van der Waals surface area contributed by atoms with E-state index < -0.39 is 0 Å².